The molecule has 0 radical (unpaired) electrons. The summed E-state index contributed by atoms with van der Waals surface area (Å²) in [7, 11) is 0. The Labute approximate surface area is 140 Å². The van der Waals surface area contributed by atoms with Gasteiger partial charge in [0.05, 0.1) is 5.69 Å². The maximum atomic E-state index is 13.2. The van der Waals surface area contributed by atoms with E-state index in [0.717, 1.165) is 0 Å². The van der Waals surface area contributed by atoms with Crippen LogP contribution in [-0.2, 0) is 6.18 Å². The molecule has 0 aliphatic rings. The molecule has 0 spiro atoms. The van der Waals surface area contributed by atoms with Gasteiger partial charge < -0.3 is 4.74 Å². The molecule has 0 saturated heterocycles. The maximum Gasteiger partial charge on any atom is 0.433 e. The molecule has 2 aromatic carbocycles. The first kappa shape index (κ1) is 16.6. The number of ether oxygens (including phenoxy) is 1. The average molecular weight is 347 g/mol. The highest BCUT2D eigenvalue weighted by Gasteiger charge is 2.37. The van der Waals surface area contributed by atoms with Crippen LogP contribution in [-0.4, -0.2) is 15.9 Å². The number of nitrogens with one attached hydrogen (secondary N) is 1. The van der Waals surface area contributed by atoms with Crippen LogP contribution in [0, 0.1) is 0 Å². The smallest absolute Gasteiger partial charge is 0.389 e. The number of carbonyl (C=O) groups is 1. The monoisotopic (exact) mass is 347 g/mol. The van der Waals surface area contributed by atoms with Crippen LogP contribution in [0.25, 0.3) is 5.69 Å². The Morgan fingerprint density at radius 3 is 2.20 bits per heavy atom. The van der Waals surface area contributed by atoms with Crippen LogP contribution >= 0.6 is 0 Å². The number of carbonyl (C=O) groups excluding carboxylic acids is 1. The van der Waals surface area contributed by atoms with E-state index in [9.17, 15) is 18.0 Å². The van der Waals surface area contributed by atoms with Gasteiger partial charge in [-0.05, 0) is 24.3 Å². The van der Waals surface area contributed by atoms with E-state index in [1.807, 2.05) is 0 Å². The van der Waals surface area contributed by atoms with Crippen molar-refractivity contribution in [2.45, 2.75) is 6.18 Å². The molecule has 1 N–H and O–H groups in total. The zero-order valence-electron chi connectivity index (χ0n) is 12.7. The maximum absolute atomic E-state index is 13.2. The number of hydrogen-bond acceptors (Lipinski definition) is 3. The molecule has 0 fully saturated rings. The predicted molar refractivity (Wildman–Crippen MR) is 84.7 cm³/mol. The standard InChI is InChI=1S/C17H12F3N3O2/c18-17(19,20)14-11-15(22-23(14)13-9-5-2-6-10-13)25-16(24)21-12-7-3-1-4-8-12/h1-11H,(H,21,24). The lowest BCUT2D eigenvalue weighted by molar-refractivity contribution is -0.142. The Hall–Kier alpha value is -3.29. The number of para-hydroxylation sites is 2. The van der Waals surface area contributed by atoms with Gasteiger partial charge in [0.2, 0.25) is 5.88 Å². The van der Waals surface area contributed by atoms with Crippen LogP contribution in [0.15, 0.2) is 66.7 Å². The van der Waals surface area contributed by atoms with E-state index in [2.05, 4.69) is 10.4 Å². The molecule has 0 aliphatic heterocycles. The first-order valence-electron chi connectivity index (χ1n) is 7.20. The molecule has 0 bridgehead atoms. The largest absolute Gasteiger partial charge is 0.433 e. The molecular formula is C17H12F3N3O2. The number of anilines is 1. The second-order valence-electron chi connectivity index (χ2n) is 4.99. The van der Waals surface area contributed by atoms with Gasteiger partial charge in [0.1, 0.15) is 0 Å². The number of aromatic nitrogens is 2. The van der Waals surface area contributed by atoms with E-state index in [4.69, 9.17) is 4.74 Å². The average Bonchev–Trinajstić information content (AvgIpc) is 3.00. The summed E-state index contributed by atoms with van der Waals surface area (Å²) in [4.78, 5) is 11.8. The molecule has 3 rings (SSSR count). The summed E-state index contributed by atoms with van der Waals surface area (Å²) in [5, 5.41) is 6.15. The molecular weight excluding hydrogens is 335 g/mol. The molecule has 3 aromatic rings. The van der Waals surface area contributed by atoms with E-state index >= 15 is 0 Å². The molecule has 8 heteroatoms. The highest BCUT2D eigenvalue weighted by molar-refractivity contribution is 5.85. The second kappa shape index (κ2) is 6.68. The number of benzene rings is 2. The molecule has 5 nitrogen and oxygen atoms in total. The van der Waals surface area contributed by atoms with Crippen LogP contribution in [0.4, 0.5) is 23.7 Å². The third-order valence-electron chi connectivity index (χ3n) is 3.20. The van der Waals surface area contributed by atoms with Crippen LogP contribution in [0.5, 0.6) is 5.88 Å². The van der Waals surface area contributed by atoms with Gasteiger partial charge >= 0.3 is 12.3 Å². The Balaban J connectivity index is 1.85. The third-order valence-corrected chi connectivity index (χ3v) is 3.20. The zero-order valence-corrected chi connectivity index (χ0v) is 12.7. The quantitative estimate of drug-likeness (QED) is 0.759. The molecule has 0 aliphatic carbocycles. The summed E-state index contributed by atoms with van der Waals surface area (Å²) in [6.07, 6.45) is -5.59. The number of alkyl halides is 3. The van der Waals surface area contributed by atoms with Gasteiger partial charge in [0, 0.05) is 11.8 Å². The van der Waals surface area contributed by atoms with Crippen molar-refractivity contribution in [1.29, 1.82) is 0 Å². The van der Waals surface area contributed by atoms with Gasteiger partial charge in [0.25, 0.3) is 0 Å². The Morgan fingerprint density at radius 2 is 1.60 bits per heavy atom. The van der Waals surface area contributed by atoms with Crippen LogP contribution in [0.3, 0.4) is 0 Å². The summed E-state index contributed by atoms with van der Waals surface area (Å²) in [5.74, 6) is -0.454. The van der Waals surface area contributed by atoms with Crippen molar-refractivity contribution in [1.82, 2.24) is 9.78 Å². The molecule has 0 atom stereocenters. The van der Waals surface area contributed by atoms with Crippen molar-refractivity contribution in [2.75, 3.05) is 5.32 Å². The van der Waals surface area contributed by atoms with E-state index < -0.39 is 23.8 Å². The van der Waals surface area contributed by atoms with Crippen molar-refractivity contribution in [3.63, 3.8) is 0 Å². The van der Waals surface area contributed by atoms with Crippen LogP contribution in [0.1, 0.15) is 5.69 Å². The highest BCUT2D eigenvalue weighted by atomic mass is 19.4. The van der Waals surface area contributed by atoms with E-state index in [-0.39, 0.29) is 5.69 Å². The fourth-order valence-corrected chi connectivity index (χ4v) is 2.14. The number of nitrogens with zero attached hydrogens (tertiary/aromatic N) is 2. The SMILES string of the molecule is O=C(Nc1ccccc1)Oc1cc(C(F)(F)F)n(-c2ccccc2)n1. The van der Waals surface area contributed by atoms with Crippen molar-refractivity contribution < 1.29 is 22.7 Å². The number of halogens is 3. The highest BCUT2D eigenvalue weighted by Crippen LogP contribution is 2.33. The fourth-order valence-electron chi connectivity index (χ4n) is 2.14. The molecule has 0 unspecified atom stereocenters. The topological polar surface area (TPSA) is 56.1 Å². The van der Waals surface area contributed by atoms with Gasteiger partial charge in [-0.1, -0.05) is 36.4 Å². The first-order valence-corrected chi connectivity index (χ1v) is 7.20. The summed E-state index contributed by atoms with van der Waals surface area (Å²) in [5.41, 5.74) is -0.389. The summed E-state index contributed by atoms with van der Waals surface area (Å²) in [6, 6.07) is 16.8. The van der Waals surface area contributed by atoms with E-state index in [1.54, 1.807) is 48.5 Å². The minimum atomic E-state index is -4.65. The third kappa shape index (κ3) is 3.97. The Bertz CT molecular complexity index is 862. The van der Waals surface area contributed by atoms with Crippen LogP contribution in [0.2, 0.25) is 0 Å². The Morgan fingerprint density at radius 1 is 1.00 bits per heavy atom. The normalized spacial score (nSPS) is 11.2. The van der Waals surface area contributed by atoms with Gasteiger partial charge in [-0.25, -0.2) is 9.48 Å². The van der Waals surface area contributed by atoms with Gasteiger partial charge in [-0.2, -0.15) is 13.2 Å². The molecule has 1 heterocycles. The minimum absolute atomic E-state index is 0.202. The lowest BCUT2D eigenvalue weighted by Crippen LogP contribution is -2.17. The van der Waals surface area contributed by atoms with Gasteiger partial charge in [-0.3, -0.25) is 5.32 Å². The molecule has 25 heavy (non-hydrogen) atoms. The van der Waals surface area contributed by atoms with Crippen molar-refractivity contribution >= 4 is 11.8 Å². The molecule has 1 aromatic heterocycles. The number of amides is 1. The molecule has 0 saturated carbocycles. The Kier molecular flexibility index (Phi) is 4.42. The zero-order chi connectivity index (χ0) is 17.9. The van der Waals surface area contributed by atoms with E-state index in [1.165, 1.54) is 12.1 Å². The summed E-state index contributed by atoms with van der Waals surface area (Å²) in [6.45, 7) is 0. The molecule has 128 valence electrons. The van der Waals surface area contributed by atoms with Gasteiger partial charge in [-0.15, -0.1) is 5.10 Å². The minimum Gasteiger partial charge on any atom is -0.389 e. The van der Waals surface area contributed by atoms with Crippen molar-refractivity contribution in [2.24, 2.45) is 0 Å². The van der Waals surface area contributed by atoms with Gasteiger partial charge in [0.15, 0.2) is 5.69 Å². The lowest BCUT2D eigenvalue weighted by atomic mass is 10.3. The van der Waals surface area contributed by atoms with Crippen molar-refractivity contribution in [3.05, 3.63) is 72.4 Å². The lowest BCUT2D eigenvalue weighted by Gasteiger charge is -2.09. The fraction of sp³-hybridized carbons (Fsp3) is 0.0588. The summed E-state index contributed by atoms with van der Waals surface area (Å²) < 4.78 is 45.2. The first-order chi connectivity index (χ1) is 11.9. The summed E-state index contributed by atoms with van der Waals surface area (Å²) >= 11 is 0. The van der Waals surface area contributed by atoms with Crippen LogP contribution < -0.4 is 10.1 Å². The van der Waals surface area contributed by atoms with Crippen molar-refractivity contribution in [3.8, 4) is 11.6 Å². The van der Waals surface area contributed by atoms with E-state index in [0.29, 0.717) is 16.4 Å². The second-order valence-corrected chi connectivity index (χ2v) is 4.99. The molecule has 1 amide bonds. The predicted octanol–water partition coefficient (Wildman–Crippen LogP) is 4.50. The number of hydrogen-bond donors (Lipinski definition) is 1. The number of rotatable bonds is 3.